The Morgan fingerprint density at radius 1 is 1.20 bits per heavy atom. The number of aromatic nitrogens is 1. The smallest absolute Gasteiger partial charge is 0.248 e. The highest BCUT2D eigenvalue weighted by molar-refractivity contribution is 6.31. The van der Waals surface area contributed by atoms with Gasteiger partial charge in [0.2, 0.25) is 5.91 Å². The topological polar surface area (TPSA) is 73.6 Å². The Kier molecular flexibility index (Phi) is 6.79. The van der Waals surface area contributed by atoms with Crippen molar-refractivity contribution in [1.29, 1.82) is 0 Å². The van der Waals surface area contributed by atoms with Crippen LogP contribution in [0.15, 0.2) is 47.0 Å². The summed E-state index contributed by atoms with van der Waals surface area (Å²) in [6.07, 6.45) is 3.16. The number of nitrogens with zero attached hydrogens (tertiary/aromatic N) is 1. The molecule has 0 unspecified atom stereocenters. The number of methoxy groups -OCH3 is 1. The summed E-state index contributed by atoms with van der Waals surface area (Å²) in [6, 6.07) is 10.8. The van der Waals surface area contributed by atoms with Gasteiger partial charge in [-0.1, -0.05) is 28.9 Å². The van der Waals surface area contributed by atoms with E-state index in [2.05, 4.69) is 10.5 Å². The second kappa shape index (κ2) is 9.50. The molecule has 0 spiro atoms. The molecule has 2 aromatic carbocycles. The highest BCUT2D eigenvalue weighted by atomic mass is 35.5. The molecule has 3 rings (SSSR count). The van der Waals surface area contributed by atoms with Crippen molar-refractivity contribution < 1.29 is 18.8 Å². The molecular weight excluding hydrogens is 404 g/mol. The van der Waals surface area contributed by atoms with Crippen LogP contribution in [0.4, 0.5) is 5.69 Å². The molecule has 7 heteroatoms. The van der Waals surface area contributed by atoms with E-state index < -0.39 is 0 Å². The van der Waals surface area contributed by atoms with E-state index in [4.69, 9.17) is 25.6 Å². The Morgan fingerprint density at radius 2 is 2.00 bits per heavy atom. The van der Waals surface area contributed by atoms with Crippen molar-refractivity contribution in [2.75, 3.05) is 12.4 Å². The number of rotatable bonds is 7. The maximum atomic E-state index is 12.3. The predicted octanol–water partition coefficient (Wildman–Crippen LogP) is 5.49. The number of hydrogen-bond donors (Lipinski definition) is 1. The van der Waals surface area contributed by atoms with Gasteiger partial charge >= 0.3 is 0 Å². The number of benzene rings is 2. The first-order chi connectivity index (χ1) is 14.4. The second-order valence-electron chi connectivity index (χ2n) is 6.74. The number of anilines is 1. The molecule has 6 nitrogen and oxygen atoms in total. The van der Waals surface area contributed by atoms with Gasteiger partial charge in [0.1, 0.15) is 12.4 Å². The van der Waals surface area contributed by atoms with Crippen LogP contribution in [0.1, 0.15) is 28.1 Å². The molecule has 0 fully saturated rings. The minimum atomic E-state index is -0.252. The van der Waals surface area contributed by atoms with Crippen molar-refractivity contribution in [3.63, 3.8) is 0 Å². The Morgan fingerprint density at radius 3 is 2.70 bits per heavy atom. The molecule has 0 atom stereocenters. The van der Waals surface area contributed by atoms with E-state index in [-0.39, 0.29) is 5.91 Å². The van der Waals surface area contributed by atoms with E-state index in [1.54, 1.807) is 43.5 Å². The van der Waals surface area contributed by atoms with Gasteiger partial charge in [-0.15, -0.1) is 0 Å². The number of halogens is 1. The molecule has 1 heterocycles. The maximum Gasteiger partial charge on any atom is 0.248 e. The van der Waals surface area contributed by atoms with Crippen LogP contribution in [0.3, 0.4) is 0 Å². The average molecular weight is 427 g/mol. The van der Waals surface area contributed by atoms with Gasteiger partial charge < -0.3 is 19.3 Å². The quantitative estimate of drug-likeness (QED) is 0.505. The number of amides is 1. The third-order valence-corrected chi connectivity index (χ3v) is 5.10. The largest absolute Gasteiger partial charge is 0.493 e. The van der Waals surface area contributed by atoms with Gasteiger partial charge in [0.15, 0.2) is 11.5 Å². The molecule has 0 saturated carbocycles. The molecular formula is C23H23ClN2O4. The van der Waals surface area contributed by atoms with Crippen molar-refractivity contribution in [3.8, 4) is 11.5 Å². The molecule has 0 bridgehead atoms. The van der Waals surface area contributed by atoms with Crippen LogP contribution in [-0.2, 0) is 11.4 Å². The third-order valence-electron chi connectivity index (χ3n) is 4.69. The Bertz CT molecular complexity index is 1070. The van der Waals surface area contributed by atoms with E-state index in [9.17, 15) is 4.79 Å². The van der Waals surface area contributed by atoms with Crippen LogP contribution in [0.5, 0.6) is 11.5 Å². The average Bonchev–Trinajstić information content (AvgIpc) is 3.06. The molecule has 0 aliphatic heterocycles. The van der Waals surface area contributed by atoms with Crippen molar-refractivity contribution >= 4 is 29.3 Å². The minimum absolute atomic E-state index is 0.252. The van der Waals surface area contributed by atoms with Crippen LogP contribution in [0.2, 0.25) is 5.02 Å². The minimum Gasteiger partial charge on any atom is -0.493 e. The first kappa shape index (κ1) is 21.5. The molecule has 0 aliphatic carbocycles. The van der Waals surface area contributed by atoms with Gasteiger partial charge in [0, 0.05) is 16.8 Å². The number of nitrogens with one attached hydrogen (secondary N) is 1. The first-order valence-electron chi connectivity index (χ1n) is 9.35. The molecule has 1 aromatic heterocycles. The van der Waals surface area contributed by atoms with E-state index in [1.807, 2.05) is 26.8 Å². The fourth-order valence-corrected chi connectivity index (χ4v) is 3.03. The summed E-state index contributed by atoms with van der Waals surface area (Å²) in [6.45, 7) is 5.90. The fourth-order valence-electron chi connectivity index (χ4n) is 2.85. The summed E-state index contributed by atoms with van der Waals surface area (Å²) in [5.74, 6) is 1.63. The zero-order valence-corrected chi connectivity index (χ0v) is 18.0. The van der Waals surface area contributed by atoms with Crippen molar-refractivity contribution in [2.24, 2.45) is 0 Å². The summed E-state index contributed by atoms with van der Waals surface area (Å²) < 4.78 is 16.5. The lowest BCUT2D eigenvalue weighted by Gasteiger charge is -2.11. The monoisotopic (exact) mass is 426 g/mol. The number of hydrogen-bond acceptors (Lipinski definition) is 5. The number of ether oxygens (including phenoxy) is 2. The Hall–Kier alpha value is -3.25. The van der Waals surface area contributed by atoms with Crippen LogP contribution < -0.4 is 14.8 Å². The van der Waals surface area contributed by atoms with E-state index in [0.29, 0.717) is 28.8 Å². The molecule has 1 amide bonds. The molecule has 3 aromatic rings. The SMILES string of the molecule is COc1cc(C=CC(=O)Nc2cccc(Cl)c2C)ccc1OCc1c(C)noc1C. The maximum absolute atomic E-state index is 12.3. The highest BCUT2D eigenvalue weighted by Gasteiger charge is 2.12. The van der Waals surface area contributed by atoms with Crippen LogP contribution >= 0.6 is 11.6 Å². The standard InChI is InChI=1S/C23H23ClN2O4/c1-14-19(24)6-5-7-20(14)25-23(27)11-9-17-8-10-21(22(12-17)28-4)29-13-18-15(2)26-30-16(18)3/h5-12H,13H2,1-4H3,(H,25,27). The van der Waals surface area contributed by atoms with Gasteiger partial charge in [-0.2, -0.15) is 0 Å². The third kappa shape index (κ3) is 5.02. The van der Waals surface area contributed by atoms with Crippen molar-refractivity contribution in [2.45, 2.75) is 27.4 Å². The molecule has 0 aliphatic rings. The van der Waals surface area contributed by atoms with Gasteiger partial charge in [-0.3, -0.25) is 4.79 Å². The van der Waals surface area contributed by atoms with Gasteiger partial charge in [-0.25, -0.2) is 0 Å². The molecule has 0 saturated heterocycles. The summed E-state index contributed by atoms with van der Waals surface area (Å²) in [5.41, 5.74) is 4.01. The first-order valence-corrected chi connectivity index (χ1v) is 9.73. The van der Waals surface area contributed by atoms with E-state index in [1.165, 1.54) is 6.08 Å². The van der Waals surface area contributed by atoms with Crippen molar-refractivity contribution in [1.82, 2.24) is 5.16 Å². The lowest BCUT2D eigenvalue weighted by atomic mass is 10.1. The normalized spacial score (nSPS) is 11.0. The lowest BCUT2D eigenvalue weighted by molar-refractivity contribution is -0.111. The van der Waals surface area contributed by atoms with E-state index in [0.717, 1.165) is 28.1 Å². The number of carbonyl (C=O) groups excluding carboxylic acids is 1. The molecule has 1 N–H and O–H groups in total. The molecule has 156 valence electrons. The van der Waals surface area contributed by atoms with Gasteiger partial charge in [0.25, 0.3) is 0 Å². The summed E-state index contributed by atoms with van der Waals surface area (Å²) in [5, 5.41) is 7.36. The number of aryl methyl sites for hydroxylation is 2. The summed E-state index contributed by atoms with van der Waals surface area (Å²) >= 11 is 6.09. The van der Waals surface area contributed by atoms with Gasteiger partial charge in [-0.05, 0) is 62.2 Å². The second-order valence-corrected chi connectivity index (χ2v) is 7.14. The molecule has 30 heavy (non-hydrogen) atoms. The zero-order chi connectivity index (χ0) is 21.7. The van der Waals surface area contributed by atoms with Crippen LogP contribution in [0, 0.1) is 20.8 Å². The lowest BCUT2D eigenvalue weighted by Crippen LogP contribution is -2.09. The summed E-state index contributed by atoms with van der Waals surface area (Å²) in [7, 11) is 1.57. The Balaban J connectivity index is 1.68. The van der Waals surface area contributed by atoms with Crippen LogP contribution in [-0.4, -0.2) is 18.2 Å². The number of carbonyl (C=O) groups is 1. The van der Waals surface area contributed by atoms with Crippen LogP contribution in [0.25, 0.3) is 6.08 Å². The Labute approximate surface area is 180 Å². The van der Waals surface area contributed by atoms with Crippen molar-refractivity contribution in [3.05, 3.63) is 75.6 Å². The fraction of sp³-hybridized carbons (Fsp3) is 0.217. The molecule has 0 radical (unpaired) electrons. The van der Waals surface area contributed by atoms with E-state index >= 15 is 0 Å². The highest BCUT2D eigenvalue weighted by Crippen LogP contribution is 2.30. The van der Waals surface area contributed by atoms with Gasteiger partial charge in [0.05, 0.1) is 18.4 Å². The predicted molar refractivity (Wildman–Crippen MR) is 117 cm³/mol. The zero-order valence-electron chi connectivity index (χ0n) is 17.3. The summed E-state index contributed by atoms with van der Waals surface area (Å²) in [4.78, 5) is 12.3.